The molecule has 3 aromatic rings. The molecule has 0 bridgehead atoms. The maximum absolute atomic E-state index is 13.2. The number of thioether (sulfide) groups is 1. The Kier molecular flexibility index (Phi) is 5.29. The van der Waals surface area contributed by atoms with Gasteiger partial charge in [-0.3, -0.25) is 9.69 Å². The molecule has 2 aliphatic rings. The van der Waals surface area contributed by atoms with E-state index in [1.807, 2.05) is 53.4 Å². The number of nitrogens with zero attached hydrogens (tertiary/aromatic N) is 3. The van der Waals surface area contributed by atoms with Crippen molar-refractivity contribution in [2.75, 3.05) is 32.7 Å². The largest absolute Gasteiger partial charge is 0.431 e. The molecule has 0 N–H and O–H groups in total. The van der Waals surface area contributed by atoms with Gasteiger partial charge in [-0.1, -0.05) is 42.1 Å². The van der Waals surface area contributed by atoms with Gasteiger partial charge in [0.2, 0.25) is 0 Å². The van der Waals surface area contributed by atoms with Crippen LogP contribution in [-0.2, 0) is 5.75 Å². The lowest BCUT2D eigenvalue weighted by atomic mass is 10.1. The maximum atomic E-state index is 13.2. The molecule has 0 spiro atoms. The van der Waals surface area contributed by atoms with Crippen LogP contribution in [0, 0.1) is 5.92 Å². The number of hydrogen-bond acceptors (Lipinski definition) is 5. The van der Waals surface area contributed by atoms with Crippen molar-refractivity contribution in [2.45, 2.75) is 23.8 Å². The molecule has 1 amide bonds. The molecule has 2 fully saturated rings. The zero-order valence-corrected chi connectivity index (χ0v) is 17.2. The molecule has 29 heavy (non-hydrogen) atoms. The number of amides is 1. The highest BCUT2D eigenvalue weighted by Crippen LogP contribution is 2.30. The highest BCUT2D eigenvalue weighted by molar-refractivity contribution is 7.98. The van der Waals surface area contributed by atoms with E-state index >= 15 is 0 Å². The number of para-hydroxylation sites is 2. The van der Waals surface area contributed by atoms with Gasteiger partial charge >= 0.3 is 0 Å². The number of benzene rings is 2. The SMILES string of the molecule is O=C(c1ccccc1CSc1nc2ccccc2o1)N1CCN(CC2CC2)CC1. The Morgan fingerprint density at radius 1 is 1.03 bits per heavy atom. The van der Waals surface area contributed by atoms with E-state index in [4.69, 9.17) is 4.42 Å². The first-order chi connectivity index (χ1) is 14.3. The highest BCUT2D eigenvalue weighted by Gasteiger charge is 2.28. The summed E-state index contributed by atoms with van der Waals surface area (Å²) in [5, 5.41) is 0.641. The van der Waals surface area contributed by atoms with Crippen molar-refractivity contribution in [3.05, 3.63) is 59.7 Å². The van der Waals surface area contributed by atoms with Gasteiger partial charge in [-0.25, -0.2) is 4.98 Å². The molecular weight excluding hydrogens is 382 g/mol. The average molecular weight is 408 g/mol. The van der Waals surface area contributed by atoms with E-state index in [9.17, 15) is 4.79 Å². The van der Waals surface area contributed by atoms with Crippen molar-refractivity contribution >= 4 is 28.8 Å². The van der Waals surface area contributed by atoms with Crippen LogP contribution in [-0.4, -0.2) is 53.4 Å². The maximum Gasteiger partial charge on any atom is 0.257 e. The number of fused-ring (bicyclic) bond motifs is 1. The molecular formula is C23H25N3O2S. The average Bonchev–Trinajstić information content (AvgIpc) is 3.48. The normalized spacial score (nSPS) is 17.7. The number of carbonyl (C=O) groups is 1. The van der Waals surface area contributed by atoms with E-state index in [-0.39, 0.29) is 5.91 Å². The van der Waals surface area contributed by atoms with Crippen molar-refractivity contribution in [2.24, 2.45) is 5.92 Å². The molecule has 6 heteroatoms. The Labute approximate surface area is 175 Å². The van der Waals surface area contributed by atoms with Crippen molar-refractivity contribution < 1.29 is 9.21 Å². The minimum Gasteiger partial charge on any atom is -0.431 e. The summed E-state index contributed by atoms with van der Waals surface area (Å²) >= 11 is 1.53. The Balaban J connectivity index is 1.24. The third-order valence-electron chi connectivity index (χ3n) is 5.75. The van der Waals surface area contributed by atoms with Gasteiger partial charge < -0.3 is 9.32 Å². The van der Waals surface area contributed by atoms with Crippen LogP contribution >= 0.6 is 11.8 Å². The molecule has 0 unspecified atom stereocenters. The van der Waals surface area contributed by atoms with Crippen LogP contribution in [0.15, 0.2) is 58.2 Å². The lowest BCUT2D eigenvalue weighted by molar-refractivity contribution is 0.0631. The second kappa shape index (κ2) is 8.20. The van der Waals surface area contributed by atoms with Gasteiger partial charge in [0.1, 0.15) is 5.52 Å². The van der Waals surface area contributed by atoms with Gasteiger partial charge in [0.05, 0.1) is 0 Å². The second-order valence-electron chi connectivity index (χ2n) is 7.93. The summed E-state index contributed by atoms with van der Waals surface area (Å²) in [7, 11) is 0. The van der Waals surface area contributed by atoms with Gasteiger partial charge in [-0.05, 0) is 42.5 Å². The van der Waals surface area contributed by atoms with Crippen LogP contribution in [0.2, 0.25) is 0 Å². The smallest absolute Gasteiger partial charge is 0.257 e. The Morgan fingerprint density at radius 2 is 1.79 bits per heavy atom. The van der Waals surface area contributed by atoms with Gasteiger partial charge in [0.25, 0.3) is 11.1 Å². The lowest BCUT2D eigenvalue weighted by Gasteiger charge is -2.35. The molecule has 1 aliphatic heterocycles. The molecule has 1 saturated carbocycles. The Hall–Kier alpha value is -2.31. The number of carbonyl (C=O) groups excluding carboxylic acids is 1. The molecule has 150 valence electrons. The summed E-state index contributed by atoms with van der Waals surface area (Å²) in [6, 6.07) is 15.7. The van der Waals surface area contributed by atoms with E-state index < -0.39 is 0 Å². The van der Waals surface area contributed by atoms with Crippen molar-refractivity contribution in [1.82, 2.24) is 14.8 Å². The van der Waals surface area contributed by atoms with E-state index in [1.54, 1.807) is 0 Å². The predicted molar refractivity (Wildman–Crippen MR) is 115 cm³/mol. The second-order valence-corrected chi connectivity index (χ2v) is 8.86. The van der Waals surface area contributed by atoms with Crippen LogP contribution < -0.4 is 0 Å². The number of hydrogen-bond donors (Lipinski definition) is 0. The quantitative estimate of drug-likeness (QED) is 0.571. The van der Waals surface area contributed by atoms with Crippen molar-refractivity contribution in [3.8, 4) is 0 Å². The summed E-state index contributed by atoms with van der Waals surface area (Å²) in [5.74, 6) is 1.71. The predicted octanol–water partition coefficient (Wildman–Crippen LogP) is 4.29. The van der Waals surface area contributed by atoms with Gasteiger partial charge in [-0.2, -0.15) is 0 Å². The van der Waals surface area contributed by atoms with Crippen LogP contribution in [0.1, 0.15) is 28.8 Å². The topological polar surface area (TPSA) is 49.6 Å². The van der Waals surface area contributed by atoms with E-state index in [1.165, 1.54) is 31.1 Å². The van der Waals surface area contributed by atoms with Crippen LogP contribution in [0.3, 0.4) is 0 Å². The molecule has 2 heterocycles. The van der Waals surface area contributed by atoms with Gasteiger partial charge in [0, 0.05) is 44.0 Å². The summed E-state index contributed by atoms with van der Waals surface area (Å²) in [6.07, 6.45) is 2.76. The van der Waals surface area contributed by atoms with E-state index in [2.05, 4.69) is 9.88 Å². The molecule has 0 radical (unpaired) electrons. The van der Waals surface area contributed by atoms with Crippen LogP contribution in [0.5, 0.6) is 0 Å². The van der Waals surface area contributed by atoms with Crippen LogP contribution in [0.25, 0.3) is 11.1 Å². The summed E-state index contributed by atoms with van der Waals surface area (Å²) in [6.45, 7) is 4.82. The van der Waals surface area contributed by atoms with Gasteiger partial charge in [0.15, 0.2) is 5.58 Å². The molecule has 5 rings (SSSR count). The summed E-state index contributed by atoms with van der Waals surface area (Å²) < 4.78 is 5.81. The Morgan fingerprint density at radius 3 is 2.59 bits per heavy atom. The van der Waals surface area contributed by atoms with Crippen molar-refractivity contribution in [1.29, 1.82) is 0 Å². The monoisotopic (exact) mass is 407 g/mol. The lowest BCUT2D eigenvalue weighted by Crippen LogP contribution is -2.49. The first kappa shape index (κ1) is 18.7. The number of piperazine rings is 1. The zero-order chi connectivity index (χ0) is 19.6. The van der Waals surface area contributed by atoms with E-state index in [0.29, 0.717) is 11.0 Å². The summed E-state index contributed by atoms with van der Waals surface area (Å²) in [4.78, 5) is 22.2. The number of oxazole rings is 1. The molecule has 1 saturated heterocycles. The fourth-order valence-electron chi connectivity index (χ4n) is 3.88. The molecule has 5 nitrogen and oxygen atoms in total. The molecule has 2 aromatic carbocycles. The molecule has 0 atom stereocenters. The first-order valence-electron chi connectivity index (χ1n) is 10.3. The first-order valence-corrected chi connectivity index (χ1v) is 11.3. The number of rotatable bonds is 6. The minimum absolute atomic E-state index is 0.143. The van der Waals surface area contributed by atoms with Gasteiger partial charge in [-0.15, -0.1) is 0 Å². The third kappa shape index (κ3) is 4.33. The van der Waals surface area contributed by atoms with Crippen LogP contribution in [0.4, 0.5) is 0 Å². The zero-order valence-electron chi connectivity index (χ0n) is 16.4. The highest BCUT2D eigenvalue weighted by atomic mass is 32.2. The third-order valence-corrected chi connectivity index (χ3v) is 6.62. The minimum atomic E-state index is 0.143. The fraction of sp³-hybridized carbons (Fsp3) is 0.391. The van der Waals surface area contributed by atoms with Crippen molar-refractivity contribution in [3.63, 3.8) is 0 Å². The number of aromatic nitrogens is 1. The molecule has 1 aromatic heterocycles. The Bertz CT molecular complexity index is 973. The molecule has 1 aliphatic carbocycles. The summed E-state index contributed by atoms with van der Waals surface area (Å²) in [5.41, 5.74) is 3.49. The fourth-order valence-corrected chi connectivity index (χ4v) is 4.72. The standard InChI is InChI=1S/C23H25N3O2S/c27-22(26-13-11-25(12-14-26)15-17-9-10-17)19-6-2-1-5-18(19)16-29-23-24-20-7-3-4-8-21(20)28-23/h1-8,17H,9-16H2. The van der Waals surface area contributed by atoms with E-state index in [0.717, 1.165) is 54.3 Å².